The van der Waals surface area contributed by atoms with Gasteiger partial charge in [0.25, 0.3) is 0 Å². The average molecular weight is 221 g/mol. The summed E-state index contributed by atoms with van der Waals surface area (Å²) in [6, 6.07) is 0. The molecule has 2 rings (SSSR count). The van der Waals surface area contributed by atoms with Crippen molar-refractivity contribution in [3.63, 3.8) is 0 Å². The maximum atomic E-state index is 11.9. The largest absolute Gasteiger partial charge is 0.481 e. The second-order valence-electron chi connectivity index (χ2n) is 4.37. The molecular weight excluding hydrogens is 206 g/mol. The number of nitrogens with one attached hydrogen (secondary N) is 1. The van der Waals surface area contributed by atoms with E-state index < -0.39 is 17.8 Å². The van der Waals surface area contributed by atoms with Gasteiger partial charge in [-0.15, -0.1) is 6.58 Å². The Morgan fingerprint density at radius 3 is 2.56 bits per heavy atom. The number of aliphatic carboxylic acids is 1. The lowest BCUT2D eigenvalue weighted by Crippen LogP contribution is -2.40. The first-order valence-electron chi connectivity index (χ1n) is 5.45. The van der Waals surface area contributed by atoms with Crippen LogP contribution < -0.4 is 5.32 Å². The van der Waals surface area contributed by atoms with E-state index in [1.165, 1.54) is 0 Å². The molecule has 0 aromatic rings. The number of amides is 1. The van der Waals surface area contributed by atoms with Crippen LogP contribution >= 0.6 is 0 Å². The van der Waals surface area contributed by atoms with Crippen LogP contribution in [0.15, 0.2) is 24.8 Å². The molecule has 2 aliphatic carbocycles. The number of fused-ring (bicyclic) bond motifs is 2. The van der Waals surface area contributed by atoms with Gasteiger partial charge in [-0.05, 0) is 18.3 Å². The standard InChI is InChI=1S/C12H15NO3/c1-2-5-13-11(14)9-7-3-4-8(6-7)10(9)12(15)16/h2-4,7-10H,1,5-6H2,(H,13,14)(H,15,16)/t7?,8?,9-,10+/m0/s1. The summed E-state index contributed by atoms with van der Waals surface area (Å²) < 4.78 is 0. The Hall–Kier alpha value is -1.58. The Balaban J connectivity index is 2.13. The number of rotatable bonds is 4. The van der Waals surface area contributed by atoms with Crippen molar-refractivity contribution < 1.29 is 14.7 Å². The summed E-state index contributed by atoms with van der Waals surface area (Å²) in [6.07, 6.45) is 6.29. The normalized spacial score (nSPS) is 35.0. The van der Waals surface area contributed by atoms with Gasteiger partial charge in [0.05, 0.1) is 11.8 Å². The minimum absolute atomic E-state index is 0.0296. The molecule has 0 aromatic heterocycles. The average Bonchev–Trinajstić information content (AvgIpc) is 2.84. The fourth-order valence-electron chi connectivity index (χ4n) is 2.81. The molecule has 2 N–H and O–H groups in total. The van der Waals surface area contributed by atoms with Crippen molar-refractivity contribution in [3.8, 4) is 0 Å². The van der Waals surface area contributed by atoms with Crippen LogP contribution in [0.1, 0.15) is 6.42 Å². The van der Waals surface area contributed by atoms with Gasteiger partial charge in [-0.25, -0.2) is 0 Å². The molecule has 1 saturated carbocycles. The molecule has 2 aliphatic rings. The van der Waals surface area contributed by atoms with Crippen molar-refractivity contribution in [2.75, 3.05) is 6.54 Å². The highest BCUT2D eigenvalue weighted by Gasteiger charge is 2.51. The van der Waals surface area contributed by atoms with Gasteiger partial charge in [0.2, 0.25) is 5.91 Å². The van der Waals surface area contributed by atoms with Crippen LogP contribution in [-0.4, -0.2) is 23.5 Å². The summed E-state index contributed by atoms with van der Waals surface area (Å²) >= 11 is 0. The summed E-state index contributed by atoms with van der Waals surface area (Å²) in [6.45, 7) is 3.91. The first-order valence-corrected chi connectivity index (χ1v) is 5.45. The zero-order valence-electron chi connectivity index (χ0n) is 8.93. The molecule has 2 bridgehead atoms. The quantitative estimate of drug-likeness (QED) is 0.690. The van der Waals surface area contributed by atoms with Gasteiger partial charge in [-0.2, -0.15) is 0 Å². The van der Waals surface area contributed by atoms with E-state index in [-0.39, 0.29) is 17.7 Å². The lowest BCUT2D eigenvalue weighted by molar-refractivity contribution is -0.147. The monoisotopic (exact) mass is 221 g/mol. The highest BCUT2D eigenvalue weighted by atomic mass is 16.4. The van der Waals surface area contributed by atoms with E-state index in [0.29, 0.717) is 6.54 Å². The van der Waals surface area contributed by atoms with E-state index in [2.05, 4.69) is 11.9 Å². The number of allylic oxidation sites excluding steroid dienone is 2. The molecule has 86 valence electrons. The molecular formula is C12H15NO3. The van der Waals surface area contributed by atoms with Crippen LogP contribution in [-0.2, 0) is 9.59 Å². The summed E-state index contributed by atoms with van der Waals surface area (Å²) in [5.41, 5.74) is 0. The maximum Gasteiger partial charge on any atom is 0.307 e. The summed E-state index contributed by atoms with van der Waals surface area (Å²) in [5.74, 6) is -1.87. The Labute approximate surface area is 94.0 Å². The van der Waals surface area contributed by atoms with Crippen molar-refractivity contribution in [1.82, 2.24) is 5.32 Å². The molecule has 1 amide bonds. The molecule has 1 fully saturated rings. The second kappa shape index (κ2) is 4.12. The molecule has 0 spiro atoms. The van der Waals surface area contributed by atoms with Crippen LogP contribution in [0.25, 0.3) is 0 Å². The van der Waals surface area contributed by atoms with Crippen molar-refractivity contribution in [1.29, 1.82) is 0 Å². The van der Waals surface area contributed by atoms with Crippen molar-refractivity contribution in [3.05, 3.63) is 24.8 Å². The predicted molar refractivity (Wildman–Crippen MR) is 58.6 cm³/mol. The van der Waals surface area contributed by atoms with Gasteiger partial charge in [0, 0.05) is 6.54 Å². The van der Waals surface area contributed by atoms with Gasteiger partial charge in [-0.1, -0.05) is 18.2 Å². The Kier molecular flexibility index (Phi) is 2.81. The smallest absolute Gasteiger partial charge is 0.307 e. The van der Waals surface area contributed by atoms with E-state index in [1.807, 2.05) is 12.2 Å². The Morgan fingerprint density at radius 2 is 2.00 bits per heavy atom. The van der Waals surface area contributed by atoms with Gasteiger partial charge in [0.1, 0.15) is 0 Å². The molecule has 0 aliphatic heterocycles. The molecule has 0 radical (unpaired) electrons. The first-order chi connectivity index (χ1) is 7.65. The predicted octanol–water partition coefficient (Wildman–Crippen LogP) is 0.811. The van der Waals surface area contributed by atoms with E-state index in [4.69, 9.17) is 5.11 Å². The van der Waals surface area contributed by atoms with Crippen LogP contribution in [0.5, 0.6) is 0 Å². The Bertz CT molecular complexity index is 361. The molecule has 0 heterocycles. The zero-order chi connectivity index (χ0) is 11.7. The van der Waals surface area contributed by atoms with E-state index in [0.717, 1.165) is 6.42 Å². The molecule has 4 nitrogen and oxygen atoms in total. The van der Waals surface area contributed by atoms with Crippen LogP contribution in [0.4, 0.5) is 0 Å². The van der Waals surface area contributed by atoms with E-state index in [9.17, 15) is 9.59 Å². The molecule has 4 heteroatoms. The molecule has 2 unspecified atom stereocenters. The van der Waals surface area contributed by atoms with Crippen LogP contribution in [0, 0.1) is 23.7 Å². The number of carboxylic acids is 1. The highest BCUT2D eigenvalue weighted by molar-refractivity contribution is 5.86. The van der Waals surface area contributed by atoms with Gasteiger partial charge in [-0.3, -0.25) is 9.59 Å². The number of hydrogen-bond donors (Lipinski definition) is 2. The number of hydrogen-bond acceptors (Lipinski definition) is 2. The molecule has 4 atom stereocenters. The molecule has 0 saturated heterocycles. The van der Waals surface area contributed by atoms with Crippen molar-refractivity contribution in [2.45, 2.75) is 6.42 Å². The fraction of sp³-hybridized carbons (Fsp3) is 0.500. The van der Waals surface area contributed by atoms with Crippen LogP contribution in [0.2, 0.25) is 0 Å². The molecule has 16 heavy (non-hydrogen) atoms. The number of carbonyl (C=O) groups excluding carboxylic acids is 1. The summed E-state index contributed by atoms with van der Waals surface area (Å²) in [7, 11) is 0. The summed E-state index contributed by atoms with van der Waals surface area (Å²) in [4.78, 5) is 23.0. The maximum absolute atomic E-state index is 11.9. The Morgan fingerprint density at radius 1 is 1.38 bits per heavy atom. The highest BCUT2D eigenvalue weighted by Crippen LogP contribution is 2.48. The van der Waals surface area contributed by atoms with Gasteiger partial charge in [0.15, 0.2) is 0 Å². The zero-order valence-corrected chi connectivity index (χ0v) is 8.93. The van der Waals surface area contributed by atoms with E-state index in [1.54, 1.807) is 6.08 Å². The molecule has 0 aromatic carbocycles. The number of carboxylic acid groups (broad SMARTS) is 1. The lowest BCUT2D eigenvalue weighted by Gasteiger charge is -2.23. The SMILES string of the molecule is C=CCNC(=O)[C@H]1C2C=CC(C2)[C@H]1C(=O)O. The fourth-order valence-corrected chi connectivity index (χ4v) is 2.81. The number of carbonyl (C=O) groups is 2. The van der Waals surface area contributed by atoms with Gasteiger partial charge < -0.3 is 10.4 Å². The third-order valence-corrected chi connectivity index (χ3v) is 3.47. The van der Waals surface area contributed by atoms with Gasteiger partial charge >= 0.3 is 5.97 Å². The third-order valence-electron chi connectivity index (χ3n) is 3.47. The second-order valence-corrected chi connectivity index (χ2v) is 4.37. The summed E-state index contributed by atoms with van der Waals surface area (Å²) in [5, 5.41) is 11.8. The third kappa shape index (κ3) is 1.64. The van der Waals surface area contributed by atoms with E-state index >= 15 is 0 Å². The van der Waals surface area contributed by atoms with Crippen molar-refractivity contribution >= 4 is 11.9 Å². The minimum Gasteiger partial charge on any atom is -0.481 e. The van der Waals surface area contributed by atoms with Crippen LogP contribution in [0.3, 0.4) is 0 Å². The first kappa shape index (κ1) is 10.9. The minimum atomic E-state index is -0.865. The lowest BCUT2D eigenvalue weighted by atomic mass is 9.82. The topological polar surface area (TPSA) is 66.4 Å². The van der Waals surface area contributed by atoms with Crippen molar-refractivity contribution in [2.24, 2.45) is 23.7 Å².